The Labute approximate surface area is 494 Å². The summed E-state index contributed by atoms with van der Waals surface area (Å²) in [4.78, 5) is 20.7. The molecule has 0 unspecified atom stereocenters. The van der Waals surface area contributed by atoms with Gasteiger partial charge < -0.3 is 14.4 Å². The first-order valence-corrected chi connectivity index (χ1v) is 29.3. The molecule has 0 atom stereocenters. The van der Waals surface area contributed by atoms with Crippen LogP contribution in [0.2, 0.25) is 0 Å². The maximum atomic E-state index is 5.30. The van der Waals surface area contributed by atoms with Crippen LogP contribution in [-0.4, -0.2) is 26.2 Å². The fourth-order valence-corrected chi connectivity index (χ4v) is 14.1. The first-order chi connectivity index (χ1) is 41.9. The number of para-hydroxylation sites is 5. The van der Waals surface area contributed by atoms with Crippen LogP contribution in [0.4, 0.5) is 34.1 Å². The van der Waals surface area contributed by atoms with Crippen molar-refractivity contribution >= 4 is 79.0 Å². The van der Waals surface area contributed by atoms with E-state index in [4.69, 9.17) is 15.0 Å². The maximum absolute atomic E-state index is 5.30. The Morgan fingerprint density at radius 1 is 0.306 bits per heavy atom. The molecule has 2 aliphatic heterocycles. The van der Waals surface area contributed by atoms with Crippen LogP contribution in [-0.2, 0) is 5.41 Å². The fourth-order valence-electron chi connectivity index (χ4n) is 14.1. The van der Waals surface area contributed by atoms with Crippen molar-refractivity contribution in [1.82, 2.24) is 19.5 Å². The van der Waals surface area contributed by atoms with E-state index < -0.39 is 0 Å². The molecule has 0 bridgehead atoms. The summed E-state index contributed by atoms with van der Waals surface area (Å²) in [7, 11) is 0. The molecule has 4 heterocycles. The predicted octanol–water partition coefficient (Wildman–Crippen LogP) is 17.7. The molecule has 398 valence electrons. The number of benzene rings is 12. The van der Waals surface area contributed by atoms with E-state index in [2.05, 4.69) is 277 Å². The molecule has 2 aromatic heterocycles. The molecule has 85 heavy (non-hydrogen) atoms. The van der Waals surface area contributed by atoms with E-state index in [9.17, 15) is 0 Å². The van der Waals surface area contributed by atoms with Gasteiger partial charge in [-0.1, -0.05) is 208 Å². The Hall–Kier alpha value is -10.9. The first-order valence-electron chi connectivity index (χ1n) is 29.3. The summed E-state index contributed by atoms with van der Waals surface area (Å²) >= 11 is 0. The Balaban J connectivity index is 0.922. The minimum absolute atomic E-state index is 0.00964. The van der Waals surface area contributed by atoms with Gasteiger partial charge in [0.15, 0.2) is 17.5 Å². The normalized spacial score (nSPS) is 13.3. The molecular weight excluding hydrogens is 1030 g/mol. The number of anilines is 6. The first kappa shape index (κ1) is 48.8. The lowest BCUT2D eigenvalue weighted by molar-refractivity contribution is 0.661. The van der Waals surface area contributed by atoms with Crippen molar-refractivity contribution in [3.63, 3.8) is 0 Å². The largest absolute Gasteiger partial charge is 0.311 e. The van der Waals surface area contributed by atoms with Crippen molar-refractivity contribution in [3.8, 4) is 73.2 Å². The number of nitrogens with zero attached hydrogens (tertiary/aromatic N) is 6. The SMILES string of the molecule is CC1(C)c2ccccc2-c2cc3c4ccccc4n(-c4ccc(-c5nc(-c6ccccc6)nc(-c6ccccc6)n5)cc4-c4cccc(-c5cc6c7c(c5)N(c5ccccc5)c5ccccc5B7c5ccccc5N6c5ccccc5)c4)c3cc21. The van der Waals surface area contributed by atoms with E-state index in [1.807, 2.05) is 36.4 Å². The zero-order valence-corrected chi connectivity index (χ0v) is 46.9. The molecule has 0 amide bonds. The second-order valence-corrected chi connectivity index (χ2v) is 23.1. The van der Waals surface area contributed by atoms with Gasteiger partial charge in [0.05, 0.1) is 16.7 Å². The molecule has 0 saturated heterocycles. The van der Waals surface area contributed by atoms with Crippen LogP contribution >= 0.6 is 0 Å². The molecule has 6 nitrogen and oxygen atoms in total. The molecule has 0 spiro atoms. The standard InChI is InChI=1S/C78H53BN6/c1-78(2)63-36-17-15-34-58(63)61-48-62-59-35-16-20-39-67(59)85(71(62)49-64(61)78)68-43-42-54(77-81-75(50-24-7-3-8-25-50)80-76(82-77)51-26-9-4-10-27-51)45-60(68)53-29-23-28-52(44-53)55-46-72-74-73(47-55)84(57-32-13-6-14-33-57)70-41-22-19-38-66(70)79(74)65-37-18-21-40-69(65)83(72)56-30-11-5-12-31-56/h3-49H,1-2H3. The lowest BCUT2D eigenvalue weighted by Gasteiger charge is -2.44. The quantitative estimate of drug-likeness (QED) is 0.142. The average Bonchev–Trinajstić information content (AvgIpc) is 1.85. The van der Waals surface area contributed by atoms with Gasteiger partial charge in [-0.3, -0.25) is 0 Å². The topological polar surface area (TPSA) is 50.1 Å². The monoisotopic (exact) mass is 1080 g/mol. The summed E-state index contributed by atoms with van der Waals surface area (Å²) < 4.78 is 2.50. The zero-order chi connectivity index (χ0) is 56.3. The van der Waals surface area contributed by atoms with E-state index >= 15 is 0 Å². The van der Waals surface area contributed by atoms with E-state index in [0.717, 1.165) is 78.4 Å². The van der Waals surface area contributed by atoms with E-state index in [1.54, 1.807) is 0 Å². The number of aromatic nitrogens is 4. The summed E-state index contributed by atoms with van der Waals surface area (Å²) in [6.45, 7) is 4.75. The van der Waals surface area contributed by atoms with Gasteiger partial charge >= 0.3 is 0 Å². The second-order valence-electron chi connectivity index (χ2n) is 23.1. The van der Waals surface area contributed by atoms with Gasteiger partial charge in [0, 0.05) is 72.6 Å². The zero-order valence-electron chi connectivity index (χ0n) is 46.9. The molecule has 1 aliphatic carbocycles. The van der Waals surface area contributed by atoms with Crippen LogP contribution in [0.3, 0.4) is 0 Å². The molecule has 0 fully saturated rings. The Morgan fingerprint density at radius 2 is 0.824 bits per heavy atom. The molecule has 14 aromatic rings. The molecule has 3 aliphatic rings. The van der Waals surface area contributed by atoms with Gasteiger partial charge in [0.1, 0.15) is 0 Å². The summed E-state index contributed by atoms with van der Waals surface area (Å²) in [6, 6.07) is 104. The van der Waals surface area contributed by atoms with Crippen LogP contribution in [0.25, 0.3) is 95.0 Å². The van der Waals surface area contributed by atoms with Crippen LogP contribution in [0.5, 0.6) is 0 Å². The van der Waals surface area contributed by atoms with E-state index in [-0.39, 0.29) is 12.1 Å². The predicted molar refractivity (Wildman–Crippen MR) is 353 cm³/mol. The van der Waals surface area contributed by atoms with Gasteiger partial charge in [0.25, 0.3) is 6.71 Å². The van der Waals surface area contributed by atoms with Crippen molar-refractivity contribution in [1.29, 1.82) is 0 Å². The molecule has 7 heteroatoms. The molecular formula is C78H53BN6. The Bertz CT molecular complexity index is 4830. The average molecular weight is 1090 g/mol. The number of fused-ring (bicyclic) bond motifs is 10. The highest BCUT2D eigenvalue weighted by Crippen LogP contribution is 2.52. The third-order valence-corrected chi connectivity index (χ3v) is 18.0. The lowest BCUT2D eigenvalue weighted by Crippen LogP contribution is -2.61. The van der Waals surface area contributed by atoms with Crippen molar-refractivity contribution in [2.24, 2.45) is 0 Å². The van der Waals surface area contributed by atoms with E-state index in [0.29, 0.717) is 17.5 Å². The minimum atomic E-state index is -0.196. The van der Waals surface area contributed by atoms with Gasteiger partial charge in [-0.2, -0.15) is 0 Å². The smallest absolute Gasteiger partial charge is 0.252 e. The van der Waals surface area contributed by atoms with Crippen molar-refractivity contribution in [2.45, 2.75) is 19.3 Å². The molecule has 0 N–H and O–H groups in total. The van der Waals surface area contributed by atoms with Crippen LogP contribution in [0, 0.1) is 0 Å². The number of hydrogen-bond acceptors (Lipinski definition) is 5. The van der Waals surface area contributed by atoms with Crippen LogP contribution in [0.1, 0.15) is 25.0 Å². The number of hydrogen-bond donors (Lipinski definition) is 0. The summed E-state index contributed by atoms with van der Waals surface area (Å²) in [5, 5.41) is 2.43. The van der Waals surface area contributed by atoms with Crippen LogP contribution < -0.4 is 26.2 Å². The highest BCUT2D eigenvalue weighted by Gasteiger charge is 2.43. The van der Waals surface area contributed by atoms with Gasteiger partial charge in [0.2, 0.25) is 0 Å². The molecule has 0 radical (unpaired) electrons. The van der Waals surface area contributed by atoms with E-state index in [1.165, 1.54) is 60.8 Å². The highest BCUT2D eigenvalue weighted by atomic mass is 15.2. The summed E-state index contributed by atoms with van der Waals surface area (Å²) in [5.41, 5.74) is 26.3. The Morgan fingerprint density at radius 3 is 1.46 bits per heavy atom. The maximum Gasteiger partial charge on any atom is 0.252 e. The highest BCUT2D eigenvalue weighted by molar-refractivity contribution is 7.00. The molecule has 0 saturated carbocycles. The van der Waals surface area contributed by atoms with Crippen molar-refractivity contribution < 1.29 is 0 Å². The van der Waals surface area contributed by atoms with Crippen molar-refractivity contribution in [3.05, 3.63) is 296 Å². The van der Waals surface area contributed by atoms with Gasteiger partial charge in [-0.05, 0) is 146 Å². The van der Waals surface area contributed by atoms with Crippen molar-refractivity contribution in [2.75, 3.05) is 9.80 Å². The lowest BCUT2D eigenvalue weighted by atomic mass is 9.33. The van der Waals surface area contributed by atoms with Crippen LogP contribution in [0.15, 0.2) is 285 Å². The van der Waals surface area contributed by atoms with Gasteiger partial charge in [-0.15, -0.1) is 0 Å². The summed E-state index contributed by atoms with van der Waals surface area (Å²) in [6.07, 6.45) is 0. The minimum Gasteiger partial charge on any atom is -0.311 e. The number of rotatable bonds is 8. The molecule has 12 aromatic carbocycles. The third kappa shape index (κ3) is 7.63. The molecule has 17 rings (SSSR count). The second kappa shape index (κ2) is 19.1. The van der Waals surface area contributed by atoms with Gasteiger partial charge in [-0.25, -0.2) is 15.0 Å². The Kier molecular flexibility index (Phi) is 11.0. The summed E-state index contributed by atoms with van der Waals surface area (Å²) in [5.74, 6) is 1.84. The third-order valence-electron chi connectivity index (χ3n) is 18.0. The fraction of sp³-hybridized carbons (Fsp3) is 0.0385.